The lowest BCUT2D eigenvalue weighted by molar-refractivity contribution is 0.0683. The molecule has 1 heterocycles. The monoisotopic (exact) mass is 401 g/mol. The average Bonchev–Trinajstić information content (AvgIpc) is 3.19. The van der Waals surface area contributed by atoms with Gasteiger partial charge in [0.2, 0.25) is 5.89 Å². The van der Waals surface area contributed by atoms with Crippen molar-refractivity contribution in [2.45, 2.75) is 66.0 Å². The Morgan fingerprint density at radius 3 is 2.52 bits per heavy atom. The highest BCUT2D eigenvalue weighted by molar-refractivity contribution is 5.79. The molecule has 2 rings (SSSR count). The van der Waals surface area contributed by atoms with E-state index in [1.807, 2.05) is 20.8 Å². The van der Waals surface area contributed by atoms with Gasteiger partial charge < -0.3 is 19.9 Å². The maximum absolute atomic E-state index is 5.49. The lowest BCUT2D eigenvalue weighted by Gasteiger charge is -2.27. The second kappa shape index (κ2) is 11.0. The molecule has 0 aliphatic heterocycles. The molecule has 29 heavy (non-hydrogen) atoms. The molecular formula is C22H35N5O2. The summed E-state index contributed by atoms with van der Waals surface area (Å²) in [6.45, 7) is 15.0. The van der Waals surface area contributed by atoms with Crippen LogP contribution in [0, 0.1) is 0 Å². The van der Waals surface area contributed by atoms with E-state index in [2.05, 4.69) is 70.8 Å². The highest BCUT2D eigenvalue weighted by atomic mass is 16.5. The van der Waals surface area contributed by atoms with Gasteiger partial charge in [-0.3, -0.25) is 0 Å². The van der Waals surface area contributed by atoms with Gasteiger partial charge in [0.15, 0.2) is 11.8 Å². The number of benzene rings is 1. The van der Waals surface area contributed by atoms with Crippen LogP contribution >= 0.6 is 0 Å². The molecule has 0 fully saturated rings. The van der Waals surface area contributed by atoms with Crippen molar-refractivity contribution in [1.82, 2.24) is 20.8 Å². The van der Waals surface area contributed by atoms with Gasteiger partial charge in [-0.25, -0.2) is 4.99 Å². The molecule has 2 aromatic rings. The smallest absolute Gasteiger partial charge is 0.248 e. The number of aromatic nitrogens is 2. The van der Waals surface area contributed by atoms with E-state index in [0.29, 0.717) is 24.9 Å². The number of nitrogens with zero attached hydrogens (tertiary/aromatic N) is 3. The minimum Gasteiger partial charge on any atom is -0.371 e. The first kappa shape index (κ1) is 22.9. The van der Waals surface area contributed by atoms with Gasteiger partial charge in [0, 0.05) is 25.1 Å². The average molecular weight is 402 g/mol. The van der Waals surface area contributed by atoms with Crippen LogP contribution in [0.4, 0.5) is 0 Å². The fraction of sp³-hybridized carbons (Fsp3) is 0.591. The van der Waals surface area contributed by atoms with Gasteiger partial charge in [-0.1, -0.05) is 50.2 Å². The molecule has 0 bridgehead atoms. The molecule has 0 amide bonds. The Morgan fingerprint density at radius 1 is 1.17 bits per heavy atom. The van der Waals surface area contributed by atoms with Gasteiger partial charge in [-0.05, 0) is 38.3 Å². The van der Waals surface area contributed by atoms with Crippen molar-refractivity contribution in [3.8, 4) is 0 Å². The first-order valence-electron chi connectivity index (χ1n) is 10.4. The van der Waals surface area contributed by atoms with Crippen LogP contribution in [-0.2, 0) is 23.1 Å². The van der Waals surface area contributed by atoms with Crippen molar-refractivity contribution in [2.24, 2.45) is 4.99 Å². The summed E-state index contributed by atoms with van der Waals surface area (Å²) in [6, 6.07) is 8.83. The van der Waals surface area contributed by atoms with E-state index in [1.165, 1.54) is 11.1 Å². The minimum absolute atomic E-state index is 0.0347. The summed E-state index contributed by atoms with van der Waals surface area (Å²) in [5.74, 6) is 1.74. The molecule has 0 spiro atoms. The highest BCUT2D eigenvalue weighted by Gasteiger charge is 2.21. The second-order valence-electron chi connectivity index (χ2n) is 7.63. The van der Waals surface area contributed by atoms with Crippen LogP contribution in [0.2, 0.25) is 0 Å². The Hall–Kier alpha value is -2.41. The summed E-state index contributed by atoms with van der Waals surface area (Å²) >= 11 is 0. The number of hydrogen-bond donors (Lipinski definition) is 2. The molecule has 0 radical (unpaired) electrons. The van der Waals surface area contributed by atoms with Crippen molar-refractivity contribution < 1.29 is 9.26 Å². The van der Waals surface area contributed by atoms with E-state index < -0.39 is 0 Å². The van der Waals surface area contributed by atoms with E-state index >= 15 is 0 Å². The Labute approximate surface area is 174 Å². The van der Waals surface area contributed by atoms with Crippen LogP contribution in [0.3, 0.4) is 0 Å². The zero-order valence-electron chi connectivity index (χ0n) is 18.6. The molecule has 1 aromatic carbocycles. The maximum atomic E-state index is 5.49. The fourth-order valence-corrected chi connectivity index (χ4v) is 2.91. The Bertz CT molecular complexity index is 768. The van der Waals surface area contributed by atoms with E-state index in [4.69, 9.17) is 9.26 Å². The number of hydrogen-bond acceptors (Lipinski definition) is 5. The molecule has 1 aromatic heterocycles. The number of ether oxygens (including phenoxy) is 1. The number of aryl methyl sites for hydroxylation is 1. The van der Waals surface area contributed by atoms with Gasteiger partial charge in [0.1, 0.15) is 12.6 Å². The Kier molecular flexibility index (Phi) is 8.64. The third kappa shape index (κ3) is 6.85. The van der Waals surface area contributed by atoms with Gasteiger partial charge in [0.25, 0.3) is 0 Å². The molecule has 1 unspecified atom stereocenters. The summed E-state index contributed by atoms with van der Waals surface area (Å²) in [5, 5.41) is 10.7. The molecule has 1 atom stereocenters. The summed E-state index contributed by atoms with van der Waals surface area (Å²) in [6.07, 6.45) is 0.865. The minimum atomic E-state index is -0.187. The lowest BCUT2D eigenvalue weighted by Crippen LogP contribution is -2.43. The van der Waals surface area contributed by atoms with Crippen molar-refractivity contribution >= 4 is 5.96 Å². The van der Waals surface area contributed by atoms with E-state index in [-0.39, 0.29) is 11.5 Å². The molecule has 7 heteroatoms. The zero-order valence-corrected chi connectivity index (χ0v) is 18.6. The first-order valence-corrected chi connectivity index (χ1v) is 10.4. The number of aliphatic imine (C=N–C) groups is 1. The summed E-state index contributed by atoms with van der Waals surface area (Å²) in [7, 11) is 0. The van der Waals surface area contributed by atoms with Crippen molar-refractivity contribution in [1.29, 1.82) is 0 Å². The molecular weight excluding hydrogens is 366 g/mol. The van der Waals surface area contributed by atoms with Crippen LogP contribution in [0.25, 0.3) is 0 Å². The molecule has 0 saturated carbocycles. The largest absolute Gasteiger partial charge is 0.371 e. The standard InChI is InChI=1S/C22H35N5O2/c1-7-17-10-12-18(13-11-17)22(5,6)15-25-21(23-8-2)24-14-19-26-20(27-29-19)16(4)28-9-3/h10-13,16H,7-9,14-15H2,1-6H3,(H2,23,24,25). The topological polar surface area (TPSA) is 84.6 Å². The van der Waals surface area contributed by atoms with Gasteiger partial charge in [-0.15, -0.1) is 0 Å². The molecule has 2 N–H and O–H groups in total. The van der Waals surface area contributed by atoms with Gasteiger partial charge in [-0.2, -0.15) is 4.98 Å². The van der Waals surface area contributed by atoms with E-state index in [1.54, 1.807) is 0 Å². The summed E-state index contributed by atoms with van der Waals surface area (Å²) < 4.78 is 10.8. The number of guanidine groups is 1. The van der Waals surface area contributed by atoms with Gasteiger partial charge in [0.05, 0.1) is 0 Å². The van der Waals surface area contributed by atoms with E-state index in [0.717, 1.165) is 25.5 Å². The van der Waals surface area contributed by atoms with Crippen LogP contribution < -0.4 is 10.6 Å². The predicted molar refractivity (Wildman–Crippen MR) is 116 cm³/mol. The SMILES string of the molecule is CCNC(=NCc1nc(C(C)OCC)no1)NCC(C)(C)c1ccc(CC)cc1. The summed E-state index contributed by atoms with van der Waals surface area (Å²) in [5.41, 5.74) is 2.61. The Balaban J connectivity index is 1.99. The number of nitrogens with one attached hydrogen (secondary N) is 2. The lowest BCUT2D eigenvalue weighted by atomic mass is 9.84. The van der Waals surface area contributed by atoms with Crippen LogP contribution in [-0.4, -0.2) is 35.8 Å². The third-order valence-corrected chi connectivity index (χ3v) is 4.82. The quantitative estimate of drug-likeness (QED) is 0.466. The highest BCUT2D eigenvalue weighted by Crippen LogP contribution is 2.22. The predicted octanol–water partition coefficient (Wildman–Crippen LogP) is 3.76. The van der Waals surface area contributed by atoms with E-state index in [9.17, 15) is 0 Å². The Morgan fingerprint density at radius 2 is 1.90 bits per heavy atom. The maximum Gasteiger partial charge on any atom is 0.248 e. The zero-order chi connectivity index (χ0) is 21.3. The normalized spacial score (nSPS) is 13.4. The van der Waals surface area contributed by atoms with Crippen LogP contribution in [0.5, 0.6) is 0 Å². The first-order chi connectivity index (χ1) is 13.9. The molecule has 160 valence electrons. The molecule has 7 nitrogen and oxygen atoms in total. The number of rotatable bonds is 10. The van der Waals surface area contributed by atoms with Crippen LogP contribution in [0.1, 0.15) is 70.5 Å². The summed E-state index contributed by atoms with van der Waals surface area (Å²) in [4.78, 5) is 8.95. The van der Waals surface area contributed by atoms with Crippen molar-refractivity contribution in [2.75, 3.05) is 19.7 Å². The van der Waals surface area contributed by atoms with Gasteiger partial charge >= 0.3 is 0 Å². The molecule has 0 aliphatic rings. The molecule has 0 saturated heterocycles. The fourth-order valence-electron chi connectivity index (χ4n) is 2.91. The molecule has 0 aliphatic carbocycles. The van der Waals surface area contributed by atoms with Crippen molar-refractivity contribution in [3.05, 3.63) is 47.1 Å². The van der Waals surface area contributed by atoms with Crippen LogP contribution in [0.15, 0.2) is 33.8 Å². The second-order valence-corrected chi connectivity index (χ2v) is 7.63. The van der Waals surface area contributed by atoms with Crippen molar-refractivity contribution in [3.63, 3.8) is 0 Å². The third-order valence-electron chi connectivity index (χ3n) is 4.82.